The summed E-state index contributed by atoms with van der Waals surface area (Å²) < 4.78 is 107. The molecule has 3 aromatic rings. The molecule has 0 spiro atoms. The van der Waals surface area contributed by atoms with Gasteiger partial charge in [0.2, 0.25) is 10.0 Å². The summed E-state index contributed by atoms with van der Waals surface area (Å²) in [5.74, 6) is 0. The minimum absolute atomic E-state index is 0.136. The van der Waals surface area contributed by atoms with E-state index in [2.05, 4.69) is 4.72 Å². The quantitative estimate of drug-likeness (QED) is 0.454. The topological polar surface area (TPSA) is 72.2 Å². The number of nitrogens with one attached hydrogen (secondary N) is 1. The van der Waals surface area contributed by atoms with Crippen molar-refractivity contribution >= 4 is 10.0 Å². The second-order valence-corrected chi connectivity index (χ2v) is 8.90. The third-order valence-electron chi connectivity index (χ3n) is 4.86. The van der Waals surface area contributed by atoms with Crippen molar-refractivity contribution in [1.29, 1.82) is 0 Å². The van der Waals surface area contributed by atoms with Crippen molar-refractivity contribution in [2.24, 2.45) is 5.73 Å². The van der Waals surface area contributed by atoms with Gasteiger partial charge >= 0.3 is 12.4 Å². The van der Waals surface area contributed by atoms with Crippen LogP contribution in [-0.4, -0.2) is 8.42 Å². The van der Waals surface area contributed by atoms with Gasteiger partial charge in [-0.3, -0.25) is 0 Å². The summed E-state index contributed by atoms with van der Waals surface area (Å²) in [6.07, 6.45) is -10.4. The van der Waals surface area contributed by atoms with Gasteiger partial charge in [0.15, 0.2) is 0 Å². The fraction of sp³-hybridized carbons (Fsp3) is 0.182. The van der Waals surface area contributed by atoms with Gasteiger partial charge in [-0.15, -0.1) is 0 Å². The third kappa shape index (κ3) is 5.92. The molecule has 0 saturated heterocycles. The summed E-state index contributed by atoms with van der Waals surface area (Å²) in [6, 6.07) is 14.2. The molecule has 11 heteroatoms. The van der Waals surface area contributed by atoms with E-state index in [-0.39, 0.29) is 18.2 Å². The number of hydrogen-bond acceptors (Lipinski definition) is 3. The van der Waals surface area contributed by atoms with Gasteiger partial charge in [0.25, 0.3) is 0 Å². The monoisotopic (exact) mass is 488 g/mol. The van der Waals surface area contributed by atoms with Gasteiger partial charge in [-0.05, 0) is 29.3 Å². The van der Waals surface area contributed by atoms with Crippen LogP contribution in [0.5, 0.6) is 0 Å². The van der Waals surface area contributed by atoms with E-state index < -0.39 is 50.5 Å². The summed E-state index contributed by atoms with van der Waals surface area (Å²) >= 11 is 0. The molecule has 0 radical (unpaired) electrons. The van der Waals surface area contributed by atoms with Crippen LogP contribution in [0.2, 0.25) is 0 Å². The molecule has 0 aliphatic carbocycles. The second kappa shape index (κ2) is 9.16. The fourth-order valence-corrected chi connectivity index (χ4v) is 4.51. The lowest BCUT2D eigenvalue weighted by molar-refractivity contribution is -0.143. The highest BCUT2D eigenvalue weighted by Crippen LogP contribution is 2.38. The zero-order valence-corrected chi connectivity index (χ0v) is 17.5. The van der Waals surface area contributed by atoms with Crippen LogP contribution in [0.4, 0.5) is 26.3 Å². The van der Waals surface area contributed by atoms with E-state index in [1.54, 1.807) is 60.7 Å². The van der Waals surface area contributed by atoms with Crippen molar-refractivity contribution in [3.8, 4) is 0 Å². The van der Waals surface area contributed by atoms with Crippen molar-refractivity contribution in [3.05, 3.63) is 101 Å². The van der Waals surface area contributed by atoms with E-state index in [0.29, 0.717) is 11.1 Å². The van der Waals surface area contributed by atoms with E-state index in [9.17, 15) is 34.8 Å². The van der Waals surface area contributed by atoms with Crippen molar-refractivity contribution in [2.45, 2.75) is 29.3 Å². The van der Waals surface area contributed by atoms with Crippen LogP contribution in [0.3, 0.4) is 0 Å². The molecule has 176 valence electrons. The average Bonchev–Trinajstić information content (AvgIpc) is 2.77. The predicted molar refractivity (Wildman–Crippen MR) is 109 cm³/mol. The molecule has 0 aliphatic heterocycles. The first-order chi connectivity index (χ1) is 15.3. The van der Waals surface area contributed by atoms with Crippen LogP contribution in [0.1, 0.15) is 34.3 Å². The average molecular weight is 488 g/mol. The maximum Gasteiger partial charge on any atom is 0.416 e. The van der Waals surface area contributed by atoms with Gasteiger partial charge in [-0.25, -0.2) is 13.1 Å². The van der Waals surface area contributed by atoms with Crippen LogP contribution < -0.4 is 10.5 Å². The predicted octanol–water partition coefficient (Wildman–Crippen LogP) is 5.44. The largest absolute Gasteiger partial charge is 0.416 e. The molecule has 3 aromatic carbocycles. The highest BCUT2D eigenvalue weighted by atomic mass is 32.2. The lowest BCUT2D eigenvalue weighted by atomic mass is 9.95. The zero-order valence-electron chi connectivity index (χ0n) is 16.7. The molecule has 2 atom stereocenters. The molecule has 3 N–H and O–H groups in total. The van der Waals surface area contributed by atoms with Gasteiger partial charge in [0.05, 0.1) is 28.1 Å². The van der Waals surface area contributed by atoms with Crippen LogP contribution in [0.15, 0.2) is 83.8 Å². The zero-order chi connectivity index (χ0) is 24.4. The van der Waals surface area contributed by atoms with Gasteiger partial charge in [-0.1, -0.05) is 60.7 Å². The number of rotatable bonds is 6. The van der Waals surface area contributed by atoms with E-state index in [1.165, 1.54) is 0 Å². The lowest BCUT2D eigenvalue weighted by Gasteiger charge is -2.26. The van der Waals surface area contributed by atoms with E-state index >= 15 is 0 Å². The van der Waals surface area contributed by atoms with Crippen LogP contribution in [0, 0.1) is 0 Å². The summed E-state index contributed by atoms with van der Waals surface area (Å²) in [6.45, 7) is 0. The molecule has 3 rings (SSSR count). The Morgan fingerprint density at radius 1 is 0.697 bits per heavy atom. The Morgan fingerprint density at radius 3 is 1.55 bits per heavy atom. The van der Waals surface area contributed by atoms with Gasteiger partial charge < -0.3 is 5.73 Å². The number of benzene rings is 3. The highest BCUT2D eigenvalue weighted by molar-refractivity contribution is 7.89. The lowest BCUT2D eigenvalue weighted by Crippen LogP contribution is -2.36. The maximum atomic E-state index is 13.2. The summed E-state index contributed by atoms with van der Waals surface area (Å²) in [4.78, 5) is -1.18. The molecule has 4 nitrogen and oxygen atoms in total. The second-order valence-electron chi connectivity index (χ2n) is 7.19. The molecule has 0 aromatic heterocycles. The Balaban J connectivity index is 2.10. The Kier molecular flexibility index (Phi) is 6.87. The van der Waals surface area contributed by atoms with Crippen molar-refractivity contribution in [1.82, 2.24) is 4.72 Å². The SMILES string of the molecule is N[C@H](c1ccccc1)[C@@H](NS(=O)(=O)c1cc(C(F)(F)F)cc(C(F)(F)F)c1)c1ccccc1. The molecular weight excluding hydrogens is 470 g/mol. The van der Waals surface area contributed by atoms with Crippen molar-refractivity contribution in [2.75, 3.05) is 0 Å². The molecule has 33 heavy (non-hydrogen) atoms. The van der Waals surface area contributed by atoms with Gasteiger partial charge in [-0.2, -0.15) is 26.3 Å². The summed E-state index contributed by atoms with van der Waals surface area (Å²) in [5, 5.41) is 0. The van der Waals surface area contributed by atoms with Crippen LogP contribution in [-0.2, 0) is 22.4 Å². The van der Waals surface area contributed by atoms with E-state index in [1.807, 2.05) is 0 Å². The highest BCUT2D eigenvalue weighted by Gasteiger charge is 2.39. The first kappa shape index (κ1) is 24.7. The number of hydrogen-bond donors (Lipinski definition) is 2. The molecule has 0 unspecified atom stereocenters. The van der Waals surface area contributed by atoms with Gasteiger partial charge in [0.1, 0.15) is 0 Å². The maximum absolute atomic E-state index is 13.2. The van der Waals surface area contributed by atoms with Crippen molar-refractivity contribution in [3.63, 3.8) is 0 Å². The normalized spacial score (nSPS) is 14.6. The molecule has 0 heterocycles. The molecule has 0 amide bonds. The number of sulfonamides is 1. The standard InChI is InChI=1S/C22H18F6N2O2S/c23-21(24,25)16-11-17(22(26,27)28)13-18(12-16)33(31,32)30-20(15-9-5-2-6-10-15)19(29)14-7-3-1-4-8-14/h1-13,19-20,30H,29H2/t19-,20+/m1/s1. The Bertz CT molecular complexity index is 1160. The van der Waals surface area contributed by atoms with Crippen LogP contribution in [0.25, 0.3) is 0 Å². The molecule has 0 saturated carbocycles. The molecule has 0 fully saturated rings. The van der Waals surface area contributed by atoms with Crippen LogP contribution >= 0.6 is 0 Å². The molecular formula is C22H18F6N2O2S. The van der Waals surface area contributed by atoms with Crippen molar-refractivity contribution < 1.29 is 34.8 Å². The Labute approximate surface area is 186 Å². The molecule has 0 bridgehead atoms. The molecule has 0 aliphatic rings. The number of nitrogens with two attached hydrogens (primary N) is 1. The van der Waals surface area contributed by atoms with Gasteiger partial charge in [0, 0.05) is 0 Å². The minimum atomic E-state index is -5.19. The smallest absolute Gasteiger partial charge is 0.322 e. The Morgan fingerprint density at radius 2 is 1.12 bits per heavy atom. The fourth-order valence-electron chi connectivity index (χ4n) is 3.19. The summed E-state index contributed by atoms with van der Waals surface area (Å²) in [5.41, 5.74) is 3.68. The Hall–Kier alpha value is -2.89. The number of halogens is 6. The first-order valence-corrected chi connectivity index (χ1v) is 10.9. The first-order valence-electron chi connectivity index (χ1n) is 9.46. The third-order valence-corrected chi connectivity index (χ3v) is 6.28. The summed E-state index contributed by atoms with van der Waals surface area (Å²) in [7, 11) is -4.86. The van der Waals surface area contributed by atoms with E-state index in [0.717, 1.165) is 0 Å². The number of alkyl halides is 6. The minimum Gasteiger partial charge on any atom is -0.322 e. The van der Waals surface area contributed by atoms with E-state index in [4.69, 9.17) is 5.73 Å².